The Morgan fingerprint density at radius 3 is 2.71 bits per heavy atom. The molecule has 2 aliphatic rings. The van der Waals surface area contributed by atoms with Gasteiger partial charge in [-0.05, 0) is 51.6 Å². The van der Waals surface area contributed by atoms with Gasteiger partial charge in [0.05, 0.1) is 0 Å². The molecule has 2 heterocycles. The summed E-state index contributed by atoms with van der Waals surface area (Å²) >= 11 is 0. The van der Waals surface area contributed by atoms with Crippen LogP contribution in [0.2, 0.25) is 0 Å². The van der Waals surface area contributed by atoms with Gasteiger partial charge in [0.2, 0.25) is 11.7 Å². The first-order valence-corrected chi connectivity index (χ1v) is 8.50. The van der Waals surface area contributed by atoms with Gasteiger partial charge in [-0.15, -0.1) is 0 Å². The molecule has 1 saturated carbocycles. The van der Waals surface area contributed by atoms with E-state index in [-0.39, 0.29) is 5.60 Å². The molecule has 0 aromatic carbocycles. The number of ether oxygens (including phenoxy) is 1. The SMILES string of the molecule is CCOC1(c2noc(CC3CCNCC3)n2)CCCCC1. The maximum absolute atomic E-state index is 6.06. The average Bonchev–Trinajstić information content (AvgIpc) is 2.99. The van der Waals surface area contributed by atoms with Crippen LogP contribution in [0.3, 0.4) is 0 Å². The van der Waals surface area contributed by atoms with Crippen molar-refractivity contribution in [1.82, 2.24) is 15.5 Å². The third-order valence-corrected chi connectivity index (χ3v) is 4.88. The van der Waals surface area contributed by atoms with E-state index in [2.05, 4.69) is 10.5 Å². The van der Waals surface area contributed by atoms with Crippen LogP contribution >= 0.6 is 0 Å². The van der Waals surface area contributed by atoms with E-state index in [0.29, 0.717) is 12.5 Å². The molecule has 5 nitrogen and oxygen atoms in total. The Morgan fingerprint density at radius 2 is 2.00 bits per heavy atom. The van der Waals surface area contributed by atoms with E-state index in [1.54, 1.807) is 0 Å². The van der Waals surface area contributed by atoms with E-state index < -0.39 is 0 Å². The van der Waals surface area contributed by atoms with Crippen molar-refractivity contribution in [1.29, 1.82) is 0 Å². The summed E-state index contributed by atoms with van der Waals surface area (Å²) in [5.41, 5.74) is -0.289. The van der Waals surface area contributed by atoms with Gasteiger partial charge in [-0.2, -0.15) is 4.98 Å². The molecule has 0 atom stereocenters. The fourth-order valence-electron chi connectivity index (χ4n) is 3.69. The number of piperidine rings is 1. The van der Waals surface area contributed by atoms with E-state index in [1.807, 2.05) is 6.92 Å². The Kier molecular flexibility index (Phi) is 4.91. The van der Waals surface area contributed by atoms with Crippen LogP contribution < -0.4 is 5.32 Å². The minimum atomic E-state index is -0.289. The molecule has 0 amide bonds. The number of hydrogen-bond acceptors (Lipinski definition) is 5. The summed E-state index contributed by atoms with van der Waals surface area (Å²) in [5.74, 6) is 2.25. The van der Waals surface area contributed by atoms with Crippen molar-refractivity contribution in [2.45, 2.75) is 63.9 Å². The van der Waals surface area contributed by atoms with Gasteiger partial charge >= 0.3 is 0 Å². The smallest absolute Gasteiger partial charge is 0.227 e. The lowest BCUT2D eigenvalue weighted by atomic mass is 9.84. The summed E-state index contributed by atoms with van der Waals surface area (Å²) < 4.78 is 11.6. The molecule has 1 aromatic heterocycles. The molecule has 1 saturated heterocycles. The molecule has 118 valence electrons. The van der Waals surface area contributed by atoms with Gasteiger partial charge in [-0.3, -0.25) is 0 Å². The van der Waals surface area contributed by atoms with Crippen molar-refractivity contribution in [3.63, 3.8) is 0 Å². The summed E-state index contributed by atoms with van der Waals surface area (Å²) in [6.07, 6.45) is 9.03. The molecule has 21 heavy (non-hydrogen) atoms. The predicted octanol–water partition coefficient (Wildman–Crippen LogP) is 2.81. The van der Waals surface area contributed by atoms with Crippen LogP contribution in [-0.4, -0.2) is 29.8 Å². The molecule has 0 radical (unpaired) electrons. The van der Waals surface area contributed by atoms with Crippen molar-refractivity contribution < 1.29 is 9.26 Å². The topological polar surface area (TPSA) is 60.2 Å². The molecule has 0 bridgehead atoms. The van der Waals surface area contributed by atoms with E-state index in [9.17, 15) is 0 Å². The van der Waals surface area contributed by atoms with Gasteiger partial charge < -0.3 is 14.6 Å². The third kappa shape index (κ3) is 3.46. The second-order valence-electron chi connectivity index (χ2n) is 6.40. The lowest BCUT2D eigenvalue weighted by Crippen LogP contribution is -2.33. The molecule has 5 heteroatoms. The molecule has 2 fully saturated rings. The fraction of sp³-hybridized carbons (Fsp3) is 0.875. The van der Waals surface area contributed by atoms with Crippen LogP contribution in [0.1, 0.15) is 63.6 Å². The Bertz CT molecular complexity index is 429. The van der Waals surface area contributed by atoms with Crippen LogP contribution in [0, 0.1) is 5.92 Å². The van der Waals surface area contributed by atoms with Crippen molar-refractivity contribution in [2.24, 2.45) is 5.92 Å². The first-order chi connectivity index (χ1) is 10.3. The van der Waals surface area contributed by atoms with Gasteiger partial charge in [-0.25, -0.2) is 0 Å². The standard InChI is InChI=1S/C16H27N3O2/c1-2-20-16(8-4-3-5-9-16)15-18-14(21-19-15)12-13-6-10-17-11-7-13/h13,17H,2-12H2,1H3. The van der Waals surface area contributed by atoms with Gasteiger partial charge in [0.1, 0.15) is 5.60 Å². The van der Waals surface area contributed by atoms with Gasteiger partial charge in [0, 0.05) is 13.0 Å². The number of nitrogens with one attached hydrogen (secondary N) is 1. The van der Waals surface area contributed by atoms with Crippen LogP contribution in [0.25, 0.3) is 0 Å². The lowest BCUT2D eigenvalue weighted by molar-refractivity contribution is -0.0777. The molecule has 1 aliphatic heterocycles. The fourth-order valence-corrected chi connectivity index (χ4v) is 3.69. The highest BCUT2D eigenvalue weighted by Gasteiger charge is 2.39. The van der Waals surface area contributed by atoms with E-state index in [4.69, 9.17) is 14.2 Å². The number of nitrogens with zero attached hydrogens (tertiary/aromatic N) is 2. The molecule has 0 unspecified atom stereocenters. The second kappa shape index (κ2) is 6.88. The molecule has 0 spiro atoms. The summed E-state index contributed by atoms with van der Waals surface area (Å²) in [5, 5.41) is 7.66. The quantitative estimate of drug-likeness (QED) is 0.904. The average molecular weight is 293 g/mol. The Labute approximate surface area is 126 Å². The molecular weight excluding hydrogens is 266 g/mol. The Balaban J connectivity index is 1.69. The highest BCUT2D eigenvalue weighted by atomic mass is 16.5. The summed E-state index contributed by atoms with van der Waals surface area (Å²) in [6.45, 7) is 4.97. The van der Waals surface area contributed by atoms with Crippen LogP contribution in [0.4, 0.5) is 0 Å². The second-order valence-corrected chi connectivity index (χ2v) is 6.40. The number of rotatable bonds is 5. The summed E-state index contributed by atoms with van der Waals surface area (Å²) in [4.78, 5) is 4.70. The lowest BCUT2D eigenvalue weighted by Gasteiger charge is -2.33. The molecule has 1 N–H and O–H groups in total. The first kappa shape index (κ1) is 15.0. The maximum atomic E-state index is 6.06. The van der Waals surface area contributed by atoms with Crippen molar-refractivity contribution in [2.75, 3.05) is 19.7 Å². The third-order valence-electron chi connectivity index (χ3n) is 4.88. The zero-order valence-corrected chi connectivity index (χ0v) is 13.1. The molecule has 3 rings (SSSR count). The highest BCUT2D eigenvalue weighted by Crippen LogP contribution is 2.39. The largest absolute Gasteiger partial charge is 0.367 e. The monoisotopic (exact) mass is 293 g/mol. The zero-order valence-electron chi connectivity index (χ0n) is 13.1. The van der Waals surface area contributed by atoms with Crippen LogP contribution in [-0.2, 0) is 16.8 Å². The van der Waals surface area contributed by atoms with Crippen LogP contribution in [0.15, 0.2) is 4.52 Å². The number of aromatic nitrogens is 2. The van der Waals surface area contributed by atoms with Crippen molar-refractivity contribution in [3.05, 3.63) is 11.7 Å². The molecular formula is C16H27N3O2. The van der Waals surface area contributed by atoms with Crippen LogP contribution in [0.5, 0.6) is 0 Å². The minimum Gasteiger partial charge on any atom is -0.367 e. The number of hydrogen-bond donors (Lipinski definition) is 1. The van der Waals surface area contributed by atoms with E-state index in [0.717, 1.165) is 44.1 Å². The molecule has 1 aromatic rings. The molecule has 1 aliphatic carbocycles. The summed E-state index contributed by atoms with van der Waals surface area (Å²) in [7, 11) is 0. The highest BCUT2D eigenvalue weighted by molar-refractivity contribution is 5.04. The van der Waals surface area contributed by atoms with Crippen molar-refractivity contribution >= 4 is 0 Å². The first-order valence-electron chi connectivity index (χ1n) is 8.50. The van der Waals surface area contributed by atoms with Crippen molar-refractivity contribution in [3.8, 4) is 0 Å². The summed E-state index contributed by atoms with van der Waals surface area (Å²) in [6, 6.07) is 0. The predicted molar refractivity (Wildman–Crippen MR) is 80.0 cm³/mol. The Hall–Kier alpha value is -0.940. The van der Waals surface area contributed by atoms with E-state index in [1.165, 1.54) is 32.1 Å². The normalized spacial score (nSPS) is 23.3. The zero-order chi connectivity index (χ0) is 14.5. The minimum absolute atomic E-state index is 0.289. The van der Waals surface area contributed by atoms with Gasteiger partial charge in [0.25, 0.3) is 0 Å². The van der Waals surface area contributed by atoms with E-state index >= 15 is 0 Å². The van der Waals surface area contributed by atoms with Gasteiger partial charge in [-0.1, -0.05) is 24.4 Å². The Morgan fingerprint density at radius 1 is 1.24 bits per heavy atom. The van der Waals surface area contributed by atoms with Gasteiger partial charge in [0.15, 0.2) is 0 Å². The maximum Gasteiger partial charge on any atom is 0.227 e.